The minimum absolute atomic E-state index is 0.0859. The van der Waals surface area contributed by atoms with E-state index in [9.17, 15) is 4.79 Å². The van der Waals surface area contributed by atoms with E-state index in [2.05, 4.69) is 20.8 Å². The average Bonchev–Trinajstić information content (AvgIpc) is 2.36. The third-order valence-corrected chi connectivity index (χ3v) is 3.39. The smallest absolute Gasteiger partial charge is 0.306 e. The summed E-state index contributed by atoms with van der Waals surface area (Å²) in [6.45, 7) is 7.55. The number of esters is 1. The van der Waals surface area contributed by atoms with Crippen LogP contribution in [0.1, 0.15) is 59.3 Å². The Labute approximate surface area is 106 Å². The van der Waals surface area contributed by atoms with Gasteiger partial charge in [-0.25, -0.2) is 0 Å². The second-order valence-corrected chi connectivity index (χ2v) is 4.81. The third-order valence-electron chi connectivity index (χ3n) is 3.39. The lowest BCUT2D eigenvalue weighted by Crippen LogP contribution is -2.20. The maximum Gasteiger partial charge on any atom is 0.306 e. The molecular weight excluding hydrogens is 214 g/mol. The molecule has 0 radical (unpaired) electrons. The summed E-state index contributed by atoms with van der Waals surface area (Å²) in [5, 5.41) is 0. The lowest BCUT2D eigenvalue weighted by molar-refractivity contribution is -0.146. The monoisotopic (exact) mass is 243 g/mol. The standard InChI is InChI=1S/C14H29NO2/c1-4-7-8-12(5-2)11-17-14(16)9-13(6-3)10-15/h12-13H,4-11,15H2,1-3H3. The van der Waals surface area contributed by atoms with Crippen molar-refractivity contribution in [3.05, 3.63) is 0 Å². The van der Waals surface area contributed by atoms with Crippen LogP contribution in [0.3, 0.4) is 0 Å². The topological polar surface area (TPSA) is 52.3 Å². The molecule has 2 atom stereocenters. The van der Waals surface area contributed by atoms with Crippen LogP contribution in [0.15, 0.2) is 0 Å². The average molecular weight is 243 g/mol. The van der Waals surface area contributed by atoms with E-state index in [-0.39, 0.29) is 11.9 Å². The Hall–Kier alpha value is -0.570. The highest BCUT2D eigenvalue weighted by Crippen LogP contribution is 2.14. The van der Waals surface area contributed by atoms with Gasteiger partial charge in [0.15, 0.2) is 0 Å². The maximum absolute atomic E-state index is 11.6. The molecule has 0 saturated heterocycles. The van der Waals surface area contributed by atoms with Crippen molar-refractivity contribution in [1.82, 2.24) is 0 Å². The normalized spacial score (nSPS) is 14.4. The molecule has 0 bridgehead atoms. The Morgan fingerprint density at radius 3 is 2.29 bits per heavy atom. The van der Waals surface area contributed by atoms with Crippen molar-refractivity contribution in [2.45, 2.75) is 59.3 Å². The molecule has 0 heterocycles. The molecule has 0 fully saturated rings. The SMILES string of the molecule is CCCCC(CC)COC(=O)CC(CC)CN. The van der Waals surface area contributed by atoms with Crippen LogP contribution >= 0.6 is 0 Å². The van der Waals surface area contributed by atoms with Crippen LogP contribution in [0.25, 0.3) is 0 Å². The zero-order valence-corrected chi connectivity index (χ0v) is 11.7. The summed E-state index contributed by atoms with van der Waals surface area (Å²) < 4.78 is 5.33. The Balaban J connectivity index is 3.79. The Morgan fingerprint density at radius 2 is 1.82 bits per heavy atom. The first kappa shape index (κ1) is 16.4. The summed E-state index contributed by atoms with van der Waals surface area (Å²) in [5.74, 6) is 0.715. The van der Waals surface area contributed by atoms with Crippen LogP contribution < -0.4 is 5.73 Å². The number of nitrogens with two attached hydrogens (primary N) is 1. The van der Waals surface area contributed by atoms with Gasteiger partial charge >= 0.3 is 5.97 Å². The van der Waals surface area contributed by atoms with Crippen molar-refractivity contribution in [1.29, 1.82) is 0 Å². The van der Waals surface area contributed by atoms with Crippen molar-refractivity contribution in [3.63, 3.8) is 0 Å². The first-order valence-corrected chi connectivity index (χ1v) is 7.03. The summed E-state index contributed by atoms with van der Waals surface area (Å²) in [5.41, 5.74) is 5.57. The van der Waals surface area contributed by atoms with Crippen LogP contribution in [-0.4, -0.2) is 19.1 Å². The molecule has 0 rings (SSSR count). The van der Waals surface area contributed by atoms with Gasteiger partial charge in [-0.2, -0.15) is 0 Å². The summed E-state index contributed by atoms with van der Waals surface area (Å²) in [7, 11) is 0. The second-order valence-electron chi connectivity index (χ2n) is 4.81. The first-order valence-electron chi connectivity index (χ1n) is 7.03. The predicted octanol–water partition coefficient (Wildman–Crippen LogP) is 3.12. The first-order chi connectivity index (χ1) is 8.17. The summed E-state index contributed by atoms with van der Waals surface area (Å²) in [6, 6.07) is 0. The highest BCUT2D eigenvalue weighted by molar-refractivity contribution is 5.69. The van der Waals surface area contributed by atoms with Crippen molar-refractivity contribution < 1.29 is 9.53 Å². The van der Waals surface area contributed by atoms with Crippen LogP contribution in [0, 0.1) is 11.8 Å². The van der Waals surface area contributed by atoms with Crippen molar-refractivity contribution in [2.75, 3.05) is 13.2 Å². The van der Waals surface area contributed by atoms with Gasteiger partial charge in [0, 0.05) is 6.42 Å². The molecule has 0 amide bonds. The van der Waals surface area contributed by atoms with Gasteiger partial charge in [0.25, 0.3) is 0 Å². The molecule has 0 aliphatic heterocycles. The number of unbranched alkanes of at least 4 members (excludes halogenated alkanes) is 1. The molecule has 3 heteroatoms. The van der Waals surface area contributed by atoms with Gasteiger partial charge in [-0.15, -0.1) is 0 Å². The fraction of sp³-hybridized carbons (Fsp3) is 0.929. The minimum Gasteiger partial charge on any atom is -0.465 e. The predicted molar refractivity (Wildman–Crippen MR) is 71.7 cm³/mol. The Bertz CT molecular complexity index is 191. The van der Waals surface area contributed by atoms with Crippen molar-refractivity contribution in [3.8, 4) is 0 Å². The number of carbonyl (C=O) groups is 1. The van der Waals surface area contributed by atoms with E-state index in [1.165, 1.54) is 12.8 Å². The Morgan fingerprint density at radius 1 is 1.18 bits per heavy atom. The number of ether oxygens (including phenoxy) is 1. The zero-order valence-electron chi connectivity index (χ0n) is 11.7. The van der Waals surface area contributed by atoms with E-state index >= 15 is 0 Å². The molecule has 0 spiro atoms. The molecule has 0 aromatic rings. The van der Waals surface area contributed by atoms with E-state index in [4.69, 9.17) is 10.5 Å². The summed E-state index contributed by atoms with van der Waals surface area (Å²) in [6.07, 6.45) is 6.08. The molecule has 0 aromatic heterocycles. The lowest BCUT2D eigenvalue weighted by Gasteiger charge is -2.16. The number of hydrogen-bond donors (Lipinski definition) is 1. The molecule has 17 heavy (non-hydrogen) atoms. The number of hydrogen-bond acceptors (Lipinski definition) is 3. The molecule has 0 aliphatic carbocycles. The van der Waals surface area contributed by atoms with Gasteiger partial charge < -0.3 is 10.5 Å². The molecule has 102 valence electrons. The third kappa shape index (κ3) is 8.19. The van der Waals surface area contributed by atoms with Gasteiger partial charge in [-0.3, -0.25) is 4.79 Å². The van der Waals surface area contributed by atoms with Gasteiger partial charge in [-0.05, 0) is 24.8 Å². The second kappa shape index (κ2) is 10.6. The van der Waals surface area contributed by atoms with Crippen LogP contribution in [0.2, 0.25) is 0 Å². The molecule has 0 aliphatic rings. The van der Waals surface area contributed by atoms with E-state index < -0.39 is 0 Å². The minimum atomic E-state index is -0.0859. The molecule has 2 unspecified atom stereocenters. The molecule has 0 aromatic carbocycles. The molecular formula is C14H29NO2. The highest BCUT2D eigenvalue weighted by atomic mass is 16.5. The van der Waals surface area contributed by atoms with Gasteiger partial charge in [-0.1, -0.05) is 46.5 Å². The molecule has 0 saturated carbocycles. The van der Waals surface area contributed by atoms with Gasteiger partial charge in [0.05, 0.1) is 6.61 Å². The van der Waals surface area contributed by atoms with Gasteiger partial charge in [0.2, 0.25) is 0 Å². The highest BCUT2D eigenvalue weighted by Gasteiger charge is 2.13. The van der Waals surface area contributed by atoms with Crippen molar-refractivity contribution >= 4 is 5.97 Å². The van der Waals surface area contributed by atoms with Crippen LogP contribution in [-0.2, 0) is 9.53 Å². The molecule has 3 nitrogen and oxygen atoms in total. The quantitative estimate of drug-likeness (QED) is 0.600. The van der Waals surface area contributed by atoms with E-state index in [1.807, 2.05) is 0 Å². The van der Waals surface area contributed by atoms with E-state index in [0.29, 0.717) is 25.5 Å². The molecule has 2 N–H and O–H groups in total. The fourth-order valence-electron chi connectivity index (χ4n) is 1.80. The number of rotatable bonds is 10. The van der Waals surface area contributed by atoms with Crippen molar-refractivity contribution in [2.24, 2.45) is 17.6 Å². The summed E-state index contributed by atoms with van der Waals surface area (Å²) in [4.78, 5) is 11.6. The largest absolute Gasteiger partial charge is 0.465 e. The lowest BCUT2D eigenvalue weighted by atomic mass is 10.0. The van der Waals surface area contributed by atoms with Crippen LogP contribution in [0.4, 0.5) is 0 Å². The number of carbonyl (C=O) groups excluding carboxylic acids is 1. The maximum atomic E-state index is 11.6. The van der Waals surface area contributed by atoms with Gasteiger partial charge in [0.1, 0.15) is 0 Å². The van der Waals surface area contributed by atoms with Crippen LogP contribution in [0.5, 0.6) is 0 Å². The fourth-order valence-corrected chi connectivity index (χ4v) is 1.80. The zero-order chi connectivity index (χ0) is 13.1. The van der Waals surface area contributed by atoms with E-state index in [0.717, 1.165) is 19.3 Å². The summed E-state index contributed by atoms with van der Waals surface area (Å²) >= 11 is 0. The van der Waals surface area contributed by atoms with E-state index in [1.54, 1.807) is 0 Å². The Kier molecular flexibility index (Phi) is 10.2.